The van der Waals surface area contributed by atoms with E-state index in [1.807, 2.05) is 19.9 Å². The lowest BCUT2D eigenvalue weighted by Crippen LogP contribution is -2.28. The van der Waals surface area contributed by atoms with Crippen molar-refractivity contribution >= 4 is 12.0 Å². The van der Waals surface area contributed by atoms with Gasteiger partial charge in [-0.2, -0.15) is 0 Å². The van der Waals surface area contributed by atoms with E-state index < -0.39 is 5.41 Å². The molecular weight excluding hydrogens is 236 g/mol. The summed E-state index contributed by atoms with van der Waals surface area (Å²) in [6.07, 6.45) is 2.03. The van der Waals surface area contributed by atoms with Crippen LogP contribution in [0.3, 0.4) is 0 Å². The topological polar surface area (TPSA) is 41.1 Å². The van der Waals surface area contributed by atoms with Gasteiger partial charge < -0.3 is 5.43 Å². The van der Waals surface area contributed by atoms with E-state index >= 15 is 0 Å². The molecule has 1 aliphatic rings. The minimum Gasteiger partial charge on any atom is -0.302 e. The summed E-state index contributed by atoms with van der Waals surface area (Å²) in [4.78, 5) is 11.7. The molecule has 1 aromatic rings. The number of hydrazine groups is 1. The first-order valence-electron chi connectivity index (χ1n) is 6.60. The molecule has 1 heterocycles. The second-order valence-electron chi connectivity index (χ2n) is 6.64. The van der Waals surface area contributed by atoms with Crippen LogP contribution < -0.4 is 10.9 Å². The third kappa shape index (κ3) is 2.65. The lowest BCUT2D eigenvalue weighted by molar-refractivity contribution is -0.125. The van der Waals surface area contributed by atoms with Crippen LogP contribution in [0, 0.1) is 5.41 Å². The van der Waals surface area contributed by atoms with Gasteiger partial charge in [-0.15, -0.1) is 0 Å². The highest BCUT2D eigenvalue weighted by molar-refractivity contribution is 5.89. The third-order valence-electron chi connectivity index (χ3n) is 3.62. The van der Waals surface area contributed by atoms with E-state index in [9.17, 15) is 4.79 Å². The fraction of sp³-hybridized carbons (Fsp3) is 0.438. The Morgan fingerprint density at radius 2 is 1.84 bits per heavy atom. The largest absolute Gasteiger partial charge is 0.302 e. The minimum atomic E-state index is -0.502. The van der Waals surface area contributed by atoms with Gasteiger partial charge >= 0.3 is 0 Å². The van der Waals surface area contributed by atoms with Gasteiger partial charge in [0.05, 0.1) is 5.41 Å². The Morgan fingerprint density at radius 3 is 2.37 bits per heavy atom. The number of hydrogen-bond donors (Lipinski definition) is 2. The van der Waals surface area contributed by atoms with Gasteiger partial charge in [-0.05, 0) is 36.5 Å². The molecule has 102 valence electrons. The van der Waals surface area contributed by atoms with Gasteiger partial charge in [0.25, 0.3) is 0 Å². The molecule has 3 heteroatoms. The zero-order valence-corrected chi connectivity index (χ0v) is 12.3. The molecule has 1 saturated heterocycles. The zero-order chi connectivity index (χ0) is 14.3. The first kappa shape index (κ1) is 13.7. The average molecular weight is 258 g/mol. The number of benzene rings is 1. The van der Waals surface area contributed by atoms with Crippen LogP contribution >= 0.6 is 0 Å². The van der Waals surface area contributed by atoms with Crippen LogP contribution in [0.2, 0.25) is 0 Å². The van der Waals surface area contributed by atoms with E-state index in [-0.39, 0.29) is 11.3 Å². The fourth-order valence-corrected chi connectivity index (χ4v) is 2.04. The summed E-state index contributed by atoms with van der Waals surface area (Å²) in [5.74, 6) is 0.00530. The fourth-order valence-electron chi connectivity index (χ4n) is 2.04. The van der Waals surface area contributed by atoms with Crippen LogP contribution in [0.4, 0.5) is 0 Å². The summed E-state index contributed by atoms with van der Waals surface area (Å²) in [5.41, 5.74) is 8.56. The highest BCUT2D eigenvalue weighted by Crippen LogP contribution is 2.30. The number of amides is 1. The number of carbonyl (C=O) groups is 1. The maximum Gasteiger partial charge on any atom is 0.249 e. The van der Waals surface area contributed by atoms with Crippen LogP contribution in [0.5, 0.6) is 0 Å². The molecule has 0 aliphatic carbocycles. The van der Waals surface area contributed by atoms with Crippen molar-refractivity contribution in [2.45, 2.75) is 40.0 Å². The average Bonchev–Trinajstić information content (AvgIpc) is 2.55. The zero-order valence-electron chi connectivity index (χ0n) is 12.3. The van der Waals surface area contributed by atoms with E-state index in [2.05, 4.69) is 55.9 Å². The molecule has 0 bridgehead atoms. The van der Waals surface area contributed by atoms with E-state index in [0.717, 1.165) is 11.3 Å². The molecule has 1 aliphatic heterocycles. The standard InChI is InChI=1S/C16H22N2O/c1-15(2,3)12-8-6-7-11(9-12)10-13-16(4,5)14(19)18-17-13/h6-10,17H,1-5H3,(H,18,19)/b13-10-. The van der Waals surface area contributed by atoms with Crippen molar-refractivity contribution in [3.63, 3.8) is 0 Å². The number of nitrogens with one attached hydrogen (secondary N) is 2. The van der Waals surface area contributed by atoms with Crippen molar-refractivity contribution < 1.29 is 4.79 Å². The van der Waals surface area contributed by atoms with E-state index in [1.165, 1.54) is 5.56 Å². The Balaban J connectivity index is 2.37. The molecule has 0 saturated carbocycles. The Morgan fingerprint density at radius 1 is 1.16 bits per heavy atom. The predicted molar refractivity (Wildman–Crippen MR) is 78.2 cm³/mol. The Hall–Kier alpha value is -1.77. The van der Waals surface area contributed by atoms with Crippen molar-refractivity contribution in [3.8, 4) is 0 Å². The van der Waals surface area contributed by atoms with Crippen LogP contribution in [-0.4, -0.2) is 5.91 Å². The van der Waals surface area contributed by atoms with Gasteiger partial charge in [-0.1, -0.05) is 45.0 Å². The van der Waals surface area contributed by atoms with Gasteiger partial charge in [0.15, 0.2) is 0 Å². The molecule has 1 fully saturated rings. The molecule has 0 radical (unpaired) electrons. The molecule has 0 unspecified atom stereocenters. The van der Waals surface area contributed by atoms with Gasteiger partial charge in [-0.25, -0.2) is 0 Å². The number of carbonyl (C=O) groups excluding carboxylic acids is 1. The summed E-state index contributed by atoms with van der Waals surface area (Å²) < 4.78 is 0. The first-order valence-corrected chi connectivity index (χ1v) is 6.60. The molecular formula is C16H22N2O. The highest BCUT2D eigenvalue weighted by atomic mass is 16.2. The highest BCUT2D eigenvalue weighted by Gasteiger charge is 2.37. The molecule has 3 nitrogen and oxygen atoms in total. The molecule has 0 atom stereocenters. The summed E-state index contributed by atoms with van der Waals surface area (Å²) in [6, 6.07) is 8.43. The van der Waals surface area contributed by atoms with Crippen molar-refractivity contribution in [2.75, 3.05) is 0 Å². The summed E-state index contributed by atoms with van der Waals surface area (Å²) in [6.45, 7) is 10.4. The van der Waals surface area contributed by atoms with Crippen LogP contribution in [-0.2, 0) is 10.2 Å². The monoisotopic (exact) mass is 258 g/mol. The molecule has 1 amide bonds. The molecule has 2 N–H and O–H groups in total. The quantitative estimate of drug-likeness (QED) is 0.813. The van der Waals surface area contributed by atoms with Gasteiger partial charge in [0.2, 0.25) is 5.91 Å². The molecule has 19 heavy (non-hydrogen) atoms. The Kier molecular flexibility index (Phi) is 3.17. The molecule has 2 rings (SSSR count). The van der Waals surface area contributed by atoms with Crippen molar-refractivity contribution in [2.24, 2.45) is 5.41 Å². The maximum absolute atomic E-state index is 11.7. The predicted octanol–water partition coefficient (Wildman–Crippen LogP) is 2.99. The third-order valence-corrected chi connectivity index (χ3v) is 3.62. The Labute approximate surface area is 115 Å². The smallest absolute Gasteiger partial charge is 0.249 e. The van der Waals surface area contributed by atoms with E-state index in [1.54, 1.807) is 0 Å². The summed E-state index contributed by atoms with van der Waals surface area (Å²) in [7, 11) is 0. The van der Waals surface area contributed by atoms with E-state index in [0.29, 0.717) is 0 Å². The summed E-state index contributed by atoms with van der Waals surface area (Å²) >= 11 is 0. The van der Waals surface area contributed by atoms with Gasteiger partial charge in [0, 0.05) is 5.70 Å². The lowest BCUT2D eigenvalue weighted by atomic mass is 9.85. The van der Waals surface area contributed by atoms with Gasteiger partial charge in [0.1, 0.15) is 0 Å². The van der Waals surface area contributed by atoms with Crippen molar-refractivity contribution in [3.05, 3.63) is 41.1 Å². The lowest BCUT2D eigenvalue weighted by Gasteiger charge is -2.20. The van der Waals surface area contributed by atoms with Crippen LogP contribution in [0.25, 0.3) is 6.08 Å². The molecule has 0 spiro atoms. The van der Waals surface area contributed by atoms with E-state index in [4.69, 9.17) is 0 Å². The second-order valence-corrected chi connectivity index (χ2v) is 6.64. The minimum absolute atomic E-state index is 0.00530. The molecule has 0 aromatic heterocycles. The Bertz CT molecular complexity index is 536. The SMILES string of the molecule is CC1(C)C(=O)NN/C1=C\c1cccc(C(C)(C)C)c1. The van der Waals surface area contributed by atoms with Crippen LogP contribution in [0.15, 0.2) is 30.0 Å². The van der Waals surface area contributed by atoms with Crippen molar-refractivity contribution in [1.29, 1.82) is 0 Å². The number of rotatable bonds is 1. The van der Waals surface area contributed by atoms with Crippen LogP contribution in [0.1, 0.15) is 45.7 Å². The summed E-state index contributed by atoms with van der Waals surface area (Å²) in [5, 5.41) is 0. The second kappa shape index (κ2) is 4.41. The first-order chi connectivity index (χ1) is 8.71. The normalized spacial score (nSPS) is 20.3. The maximum atomic E-state index is 11.7. The molecule has 1 aromatic carbocycles. The van der Waals surface area contributed by atoms with Crippen molar-refractivity contribution in [1.82, 2.24) is 10.9 Å². The number of hydrogen-bond acceptors (Lipinski definition) is 2. The van der Waals surface area contributed by atoms with Gasteiger partial charge in [-0.3, -0.25) is 10.2 Å².